The van der Waals surface area contributed by atoms with Gasteiger partial charge in [-0.2, -0.15) is 0 Å². The molecule has 0 aromatic carbocycles. The summed E-state index contributed by atoms with van der Waals surface area (Å²) < 4.78 is 2.38. The van der Waals surface area contributed by atoms with Gasteiger partial charge in [0.25, 0.3) is 0 Å². The first-order valence-corrected chi connectivity index (χ1v) is 7.36. The summed E-state index contributed by atoms with van der Waals surface area (Å²) in [5.41, 5.74) is 2.59. The summed E-state index contributed by atoms with van der Waals surface area (Å²) in [4.78, 5) is 2.38. The molecule has 2 fully saturated rings. The molecule has 7 heteroatoms. The van der Waals surface area contributed by atoms with Gasteiger partial charge >= 0.3 is 0 Å². The third-order valence-electron chi connectivity index (χ3n) is 4.38. The van der Waals surface area contributed by atoms with E-state index in [4.69, 9.17) is 0 Å². The number of aliphatic hydroxyl groups is 2. The van der Waals surface area contributed by atoms with Gasteiger partial charge in [0.2, 0.25) is 5.71 Å². The van der Waals surface area contributed by atoms with E-state index in [1.54, 1.807) is 0 Å². The van der Waals surface area contributed by atoms with Gasteiger partial charge in [0, 0.05) is 32.0 Å². The van der Waals surface area contributed by atoms with Crippen LogP contribution in [0.15, 0.2) is 23.9 Å². The lowest BCUT2D eigenvalue weighted by molar-refractivity contribution is -0.540. The molecule has 6 N–H and O–H groups in total. The molecule has 0 saturated carbocycles. The number of likely N-dealkylation sites (tertiary alicyclic amines) is 1. The van der Waals surface area contributed by atoms with Gasteiger partial charge < -0.3 is 38.5 Å². The number of nitrogens with zero attached hydrogens (tertiary/aromatic N) is 2. The van der Waals surface area contributed by atoms with Gasteiger partial charge in [-0.15, -0.1) is 0 Å². The lowest BCUT2D eigenvalue weighted by Gasteiger charge is -2.32. The van der Waals surface area contributed by atoms with Crippen LogP contribution in [0.2, 0.25) is 0 Å². The maximum Gasteiger partial charge on any atom is 0.223 e. The average molecular weight is 335 g/mol. The van der Waals surface area contributed by atoms with E-state index in [0.29, 0.717) is 0 Å². The van der Waals surface area contributed by atoms with Gasteiger partial charge in [-0.05, 0) is 18.9 Å². The number of rotatable bonds is 1. The first-order chi connectivity index (χ1) is 9.24. The molecule has 2 saturated heterocycles. The maximum absolute atomic E-state index is 9.61. The van der Waals surface area contributed by atoms with Gasteiger partial charge in [0.15, 0.2) is 0 Å². The van der Waals surface area contributed by atoms with Crippen LogP contribution in [0.5, 0.6) is 0 Å². The minimum Gasteiger partial charge on any atom is -1.00 e. The van der Waals surface area contributed by atoms with Crippen molar-refractivity contribution in [3.63, 3.8) is 0 Å². The predicted molar refractivity (Wildman–Crippen MR) is 81.5 cm³/mol. The number of hydrogen-bond acceptors (Lipinski definition) is 3. The summed E-state index contributed by atoms with van der Waals surface area (Å²) in [7, 11) is 0. The second-order valence-corrected chi connectivity index (χ2v) is 5.73. The molecule has 22 heavy (non-hydrogen) atoms. The summed E-state index contributed by atoms with van der Waals surface area (Å²) in [6.07, 6.45) is 9.68. The van der Waals surface area contributed by atoms with Gasteiger partial charge in [-0.1, -0.05) is 6.08 Å². The fourth-order valence-electron chi connectivity index (χ4n) is 3.15. The van der Waals surface area contributed by atoms with Crippen molar-refractivity contribution in [2.24, 2.45) is 0 Å². The highest BCUT2D eigenvalue weighted by atomic mass is 35.5. The topological polar surface area (TPSA) is 110 Å². The quantitative estimate of drug-likeness (QED) is 0.475. The van der Waals surface area contributed by atoms with Crippen molar-refractivity contribution in [2.75, 3.05) is 26.2 Å². The van der Waals surface area contributed by atoms with Gasteiger partial charge in [0.05, 0.1) is 12.2 Å². The van der Waals surface area contributed by atoms with Gasteiger partial charge in [-0.3, -0.25) is 0 Å². The highest BCUT2D eigenvalue weighted by molar-refractivity contribution is 6.07. The van der Waals surface area contributed by atoms with Crippen molar-refractivity contribution in [3.8, 4) is 0 Å². The Balaban J connectivity index is 0.00000147. The van der Waals surface area contributed by atoms with Crippen molar-refractivity contribution >= 4 is 5.71 Å². The zero-order valence-corrected chi connectivity index (χ0v) is 13.5. The standard InChI is InChI=1S/C15H23N2O2.ClH.2H2O/c18-12-4-8-16(9-5-12)14-2-1-3-15(14)17-10-6-13(19)7-11-17;;;/h1-3,12-13,18-19H,4-11H2;1H;2*1H2/q+1;;;/p-1. The summed E-state index contributed by atoms with van der Waals surface area (Å²) >= 11 is 0. The molecule has 0 spiro atoms. The van der Waals surface area contributed by atoms with Crippen LogP contribution in [0.25, 0.3) is 0 Å². The first-order valence-electron chi connectivity index (χ1n) is 7.36. The highest BCUT2D eigenvalue weighted by Gasteiger charge is 2.29. The van der Waals surface area contributed by atoms with Crippen LogP contribution in [0.1, 0.15) is 25.7 Å². The van der Waals surface area contributed by atoms with E-state index >= 15 is 0 Å². The average Bonchev–Trinajstić information content (AvgIpc) is 2.90. The molecule has 2 aliphatic heterocycles. The van der Waals surface area contributed by atoms with Crippen molar-refractivity contribution in [2.45, 2.75) is 37.9 Å². The molecule has 3 aliphatic rings. The highest BCUT2D eigenvalue weighted by Crippen LogP contribution is 2.21. The number of piperidine rings is 2. The third kappa shape index (κ3) is 4.54. The minimum atomic E-state index is -0.125. The Morgan fingerprint density at radius 3 is 2.09 bits per heavy atom. The van der Waals surface area contributed by atoms with E-state index in [0.717, 1.165) is 51.9 Å². The van der Waals surface area contributed by atoms with Crippen LogP contribution in [-0.4, -0.2) is 74.7 Å². The number of hydrogen-bond donors (Lipinski definition) is 2. The molecule has 0 unspecified atom stereocenters. The molecule has 0 amide bonds. The minimum absolute atomic E-state index is 0. The van der Waals surface area contributed by atoms with E-state index in [2.05, 4.69) is 27.7 Å². The molecule has 1 aliphatic carbocycles. The number of allylic oxidation sites excluding steroid dienone is 3. The summed E-state index contributed by atoms with van der Waals surface area (Å²) in [6.45, 7) is 3.76. The van der Waals surface area contributed by atoms with Crippen LogP contribution in [0, 0.1) is 0 Å². The molecule has 0 aromatic rings. The Morgan fingerprint density at radius 1 is 0.955 bits per heavy atom. The Labute approximate surface area is 137 Å². The molecule has 6 nitrogen and oxygen atoms in total. The monoisotopic (exact) mass is 334 g/mol. The number of halogens is 1. The summed E-state index contributed by atoms with van der Waals surface area (Å²) in [5, 5.41) is 19.2. The smallest absolute Gasteiger partial charge is 0.223 e. The molecular weight excluding hydrogens is 308 g/mol. The molecular formula is C15H27ClN2O4. The first kappa shape index (κ1) is 21.1. The lowest BCUT2D eigenvalue weighted by Crippen LogP contribution is -3.00. The van der Waals surface area contributed by atoms with Crippen LogP contribution in [0.3, 0.4) is 0 Å². The van der Waals surface area contributed by atoms with E-state index in [1.165, 1.54) is 11.4 Å². The van der Waals surface area contributed by atoms with E-state index < -0.39 is 0 Å². The molecule has 0 aromatic heterocycles. The third-order valence-corrected chi connectivity index (χ3v) is 4.38. The molecule has 0 bridgehead atoms. The second kappa shape index (κ2) is 9.27. The fraction of sp³-hybridized carbons (Fsp3) is 0.667. The predicted octanol–water partition coefficient (Wildman–Crippen LogP) is -4.14. The molecule has 128 valence electrons. The molecule has 2 heterocycles. The van der Waals surface area contributed by atoms with Crippen LogP contribution in [-0.2, 0) is 0 Å². The van der Waals surface area contributed by atoms with Crippen molar-refractivity contribution < 1.29 is 38.1 Å². The lowest BCUT2D eigenvalue weighted by atomic mass is 10.1. The largest absolute Gasteiger partial charge is 1.00 e. The van der Waals surface area contributed by atoms with Crippen LogP contribution < -0.4 is 12.4 Å². The summed E-state index contributed by atoms with van der Waals surface area (Å²) in [5.74, 6) is 0. The zero-order valence-electron chi connectivity index (χ0n) is 12.7. The Morgan fingerprint density at radius 2 is 1.50 bits per heavy atom. The van der Waals surface area contributed by atoms with Gasteiger partial charge in [0.1, 0.15) is 18.8 Å². The van der Waals surface area contributed by atoms with Crippen molar-refractivity contribution in [1.29, 1.82) is 0 Å². The molecule has 0 atom stereocenters. The molecule has 0 radical (unpaired) electrons. The van der Waals surface area contributed by atoms with E-state index in [1.807, 2.05) is 0 Å². The van der Waals surface area contributed by atoms with Crippen LogP contribution >= 0.6 is 0 Å². The van der Waals surface area contributed by atoms with Gasteiger partial charge in [-0.25, -0.2) is 4.58 Å². The number of aliphatic hydroxyl groups excluding tert-OH is 2. The Bertz CT molecular complexity index is 433. The van der Waals surface area contributed by atoms with Crippen molar-refractivity contribution in [1.82, 2.24) is 4.90 Å². The van der Waals surface area contributed by atoms with Crippen LogP contribution in [0.4, 0.5) is 0 Å². The maximum atomic E-state index is 9.61. The van der Waals surface area contributed by atoms with E-state index in [-0.39, 0.29) is 35.6 Å². The Hall–Kier alpha value is -0.920. The second-order valence-electron chi connectivity index (χ2n) is 5.73. The zero-order chi connectivity index (χ0) is 13.2. The fourth-order valence-corrected chi connectivity index (χ4v) is 3.15. The molecule has 3 rings (SSSR count). The summed E-state index contributed by atoms with van der Waals surface area (Å²) in [6, 6.07) is 0. The van der Waals surface area contributed by atoms with E-state index in [9.17, 15) is 10.2 Å². The Kier molecular flexibility index (Phi) is 8.88. The van der Waals surface area contributed by atoms with Crippen molar-refractivity contribution in [3.05, 3.63) is 23.9 Å². The SMILES string of the molecule is O.O.OC1CCN(C2=CC=CC2=[N+]2CCC(O)CC2)CC1.[Cl-]. The normalized spacial score (nSPS) is 25.1.